The molecule has 12 nitrogen and oxygen atoms in total. The van der Waals surface area contributed by atoms with Gasteiger partial charge in [-0.05, 0) is 73.1 Å². The fourth-order valence-corrected chi connectivity index (χ4v) is 6.82. The van der Waals surface area contributed by atoms with Crippen LogP contribution in [0.3, 0.4) is 0 Å². The van der Waals surface area contributed by atoms with Crippen LogP contribution in [-0.2, 0) is 19.3 Å². The number of piperazine rings is 1. The topological polar surface area (TPSA) is 118 Å². The average Bonchev–Trinajstić information content (AvgIpc) is 3.05. The van der Waals surface area contributed by atoms with Crippen LogP contribution in [0.4, 0.5) is 27.8 Å². The zero-order valence-corrected chi connectivity index (χ0v) is 28.0. The van der Waals surface area contributed by atoms with E-state index in [1.807, 2.05) is 65.2 Å². The van der Waals surface area contributed by atoms with E-state index in [1.54, 1.807) is 4.90 Å². The standard InChI is InChI=1S/C31H46N6O6S/c1-21-17-23(34-9-11-36(12-10-34)29(38)43-31(6,7)8)18-24-26(21)42-22(2)25-27(35-13-15-44(39,40)16-14-35)32-19-33-28(25)37(24)20-41-30(3,4)5/h17-19,22H,9-16,20H2,1-8H3/t22-/m1/s1. The molecule has 2 aromatic rings. The first-order valence-electron chi connectivity index (χ1n) is 15.3. The predicted octanol–water partition coefficient (Wildman–Crippen LogP) is 4.44. The number of nitrogens with zero attached hydrogens (tertiary/aromatic N) is 6. The van der Waals surface area contributed by atoms with Crippen LogP contribution < -0.4 is 19.4 Å². The molecule has 3 aliphatic rings. The second-order valence-electron chi connectivity index (χ2n) is 13.7. The second-order valence-corrected chi connectivity index (χ2v) is 16.0. The molecule has 0 aliphatic carbocycles. The predicted molar refractivity (Wildman–Crippen MR) is 171 cm³/mol. The van der Waals surface area contributed by atoms with Gasteiger partial charge in [-0.1, -0.05) is 0 Å². The molecule has 3 aliphatic heterocycles. The number of fused-ring (bicyclic) bond motifs is 2. The molecule has 0 bridgehead atoms. The number of carbonyl (C=O) groups excluding carboxylic acids is 1. The summed E-state index contributed by atoms with van der Waals surface area (Å²) in [4.78, 5) is 30.1. The van der Waals surface area contributed by atoms with Crippen molar-refractivity contribution in [3.8, 4) is 5.75 Å². The first kappa shape index (κ1) is 32.1. The van der Waals surface area contributed by atoms with Gasteiger partial charge in [-0.2, -0.15) is 0 Å². The van der Waals surface area contributed by atoms with E-state index in [1.165, 1.54) is 6.33 Å². The van der Waals surface area contributed by atoms with Gasteiger partial charge in [0.1, 0.15) is 42.1 Å². The number of aryl methyl sites for hydroxylation is 1. The summed E-state index contributed by atoms with van der Waals surface area (Å²) in [6.45, 7) is 19.1. The van der Waals surface area contributed by atoms with E-state index in [-0.39, 0.29) is 24.3 Å². The highest BCUT2D eigenvalue weighted by Crippen LogP contribution is 2.48. The quantitative estimate of drug-likeness (QED) is 0.477. The molecule has 1 atom stereocenters. The summed E-state index contributed by atoms with van der Waals surface area (Å²) in [5, 5.41) is 0. The Hall–Kier alpha value is -3.32. The summed E-state index contributed by atoms with van der Waals surface area (Å²) in [5.74, 6) is 2.26. The van der Waals surface area contributed by atoms with Crippen molar-refractivity contribution in [2.24, 2.45) is 0 Å². The molecule has 4 heterocycles. The number of rotatable bonds is 4. The van der Waals surface area contributed by atoms with Crippen molar-refractivity contribution in [3.63, 3.8) is 0 Å². The maximum Gasteiger partial charge on any atom is 0.410 e. The van der Waals surface area contributed by atoms with Crippen LogP contribution in [0, 0.1) is 6.92 Å². The number of ether oxygens (including phenoxy) is 3. The van der Waals surface area contributed by atoms with Crippen molar-refractivity contribution >= 4 is 38.9 Å². The third-order valence-electron chi connectivity index (χ3n) is 7.90. The van der Waals surface area contributed by atoms with E-state index in [2.05, 4.69) is 22.0 Å². The van der Waals surface area contributed by atoms with Gasteiger partial charge in [0.2, 0.25) is 0 Å². The lowest BCUT2D eigenvalue weighted by Crippen LogP contribution is -2.50. The summed E-state index contributed by atoms with van der Waals surface area (Å²) in [5.41, 5.74) is 2.65. The minimum atomic E-state index is -3.06. The van der Waals surface area contributed by atoms with E-state index in [0.29, 0.717) is 50.9 Å². The van der Waals surface area contributed by atoms with Gasteiger partial charge in [-0.3, -0.25) is 4.90 Å². The molecular weight excluding hydrogens is 584 g/mol. The molecule has 0 unspecified atom stereocenters. The number of anilines is 4. The Balaban J connectivity index is 1.50. The highest BCUT2D eigenvalue weighted by molar-refractivity contribution is 7.91. The summed E-state index contributed by atoms with van der Waals surface area (Å²) < 4.78 is 43.0. The maximum absolute atomic E-state index is 12.7. The van der Waals surface area contributed by atoms with Crippen LogP contribution in [0.15, 0.2) is 18.5 Å². The van der Waals surface area contributed by atoms with Crippen LogP contribution in [0.2, 0.25) is 0 Å². The third kappa shape index (κ3) is 7.14. The van der Waals surface area contributed by atoms with Crippen LogP contribution >= 0.6 is 0 Å². The van der Waals surface area contributed by atoms with Gasteiger partial charge >= 0.3 is 6.09 Å². The van der Waals surface area contributed by atoms with E-state index >= 15 is 0 Å². The Bertz CT molecular complexity index is 1480. The number of hydrogen-bond donors (Lipinski definition) is 0. The molecule has 1 aromatic heterocycles. The Morgan fingerprint density at radius 1 is 0.932 bits per heavy atom. The van der Waals surface area contributed by atoms with Crippen molar-refractivity contribution < 1.29 is 27.4 Å². The number of hydrogen-bond acceptors (Lipinski definition) is 11. The number of benzene rings is 1. The van der Waals surface area contributed by atoms with Crippen molar-refractivity contribution in [1.29, 1.82) is 0 Å². The first-order valence-corrected chi connectivity index (χ1v) is 17.1. The highest BCUT2D eigenvalue weighted by atomic mass is 32.2. The minimum absolute atomic E-state index is 0.0851. The fraction of sp³-hybridized carbons (Fsp3) is 0.645. The molecule has 0 spiro atoms. The van der Waals surface area contributed by atoms with Crippen molar-refractivity contribution in [2.75, 3.05) is 72.2 Å². The largest absolute Gasteiger partial charge is 0.483 e. The molecule has 2 saturated heterocycles. The van der Waals surface area contributed by atoms with E-state index < -0.39 is 27.1 Å². The highest BCUT2D eigenvalue weighted by Gasteiger charge is 2.35. The lowest BCUT2D eigenvalue weighted by molar-refractivity contribution is 0.000947. The summed E-state index contributed by atoms with van der Waals surface area (Å²) in [7, 11) is -3.06. The minimum Gasteiger partial charge on any atom is -0.483 e. The molecule has 0 N–H and O–H groups in total. The molecule has 0 radical (unpaired) electrons. The van der Waals surface area contributed by atoms with Gasteiger partial charge in [0, 0.05) is 45.0 Å². The van der Waals surface area contributed by atoms with Crippen molar-refractivity contribution in [2.45, 2.75) is 72.7 Å². The number of amides is 1. The smallest absolute Gasteiger partial charge is 0.410 e. The zero-order valence-electron chi connectivity index (χ0n) is 27.2. The maximum atomic E-state index is 12.7. The van der Waals surface area contributed by atoms with Gasteiger partial charge < -0.3 is 28.9 Å². The summed E-state index contributed by atoms with van der Waals surface area (Å²) in [6, 6.07) is 4.23. The van der Waals surface area contributed by atoms with Crippen molar-refractivity contribution in [3.05, 3.63) is 29.6 Å². The normalized spacial score (nSPS) is 20.4. The van der Waals surface area contributed by atoms with Crippen molar-refractivity contribution in [1.82, 2.24) is 14.9 Å². The molecule has 242 valence electrons. The Kier molecular flexibility index (Phi) is 8.67. The summed E-state index contributed by atoms with van der Waals surface area (Å²) >= 11 is 0. The molecule has 13 heteroatoms. The van der Waals surface area contributed by atoms with Gasteiger partial charge in [0.15, 0.2) is 9.84 Å². The molecular formula is C31H46N6O6S. The lowest BCUT2D eigenvalue weighted by Gasteiger charge is -2.37. The van der Waals surface area contributed by atoms with Crippen LogP contribution in [-0.4, -0.2) is 98.1 Å². The molecule has 1 amide bonds. The van der Waals surface area contributed by atoms with Gasteiger partial charge in [-0.25, -0.2) is 23.2 Å². The van der Waals surface area contributed by atoms with E-state index in [0.717, 1.165) is 28.3 Å². The second kappa shape index (κ2) is 11.9. The Labute approximate surface area is 261 Å². The third-order valence-corrected chi connectivity index (χ3v) is 9.51. The monoisotopic (exact) mass is 630 g/mol. The molecule has 0 saturated carbocycles. The number of aromatic nitrogens is 2. The number of sulfone groups is 1. The van der Waals surface area contributed by atoms with Gasteiger partial charge in [-0.15, -0.1) is 0 Å². The van der Waals surface area contributed by atoms with Crippen LogP contribution in [0.1, 0.15) is 65.7 Å². The van der Waals surface area contributed by atoms with Gasteiger partial charge in [0.25, 0.3) is 0 Å². The first-order chi connectivity index (χ1) is 20.5. The van der Waals surface area contributed by atoms with E-state index in [4.69, 9.17) is 19.2 Å². The molecule has 5 rings (SSSR count). The van der Waals surface area contributed by atoms with Crippen LogP contribution in [0.5, 0.6) is 5.75 Å². The lowest BCUT2D eigenvalue weighted by atomic mass is 10.1. The van der Waals surface area contributed by atoms with Crippen LogP contribution in [0.25, 0.3) is 0 Å². The Morgan fingerprint density at radius 3 is 2.18 bits per heavy atom. The molecule has 44 heavy (non-hydrogen) atoms. The summed E-state index contributed by atoms with van der Waals surface area (Å²) in [6.07, 6.45) is 0.840. The number of carbonyl (C=O) groups is 1. The molecule has 1 aromatic carbocycles. The molecule has 2 fully saturated rings. The zero-order chi connectivity index (χ0) is 32.0. The van der Waals surface area contributed by atoms with Gasteiger partial charge in [0.05, 0.1) is 28.4 Å². The average molecular weight is 631 g/mol. The van der Waals surface area contributed by atoms with E-state index in [9.17, 15) is 13.2 Å². The Morgan fingerprint density at radius 2 is 1.57 bits per heavy atom. The SMILES string of the molecule is Cc1cc(N2CCN(C(=O)OC(C)(C)C)CC2)cc2c1O[C@H](C)c1c(N3CCS(=O)(=O)CC3)ncnc1N2COC(C)(C)C. The fourth-order valence-electron chi connectivity index (χ4n) is 5.62.